The van der Waals surface area contributed by atoms with E-state index in [0.29, 0.717) is 5.56 Å². The molecule has 1 aliphatic heterocycles. The minimum atomic E-state index is 0.687. The Kier molecular flexibility index (Phi) is 5.35. The number of hydrogen-bond acceptors (Lipinski definition) is 4. The van der Waals surface area contributed by atoms with Gasteiger partial charge in [0, 0.05) is 32.7 Å². The van der Waals surface area contributed by atoms with Gasteiger partial charge >= 0.3 is 0 Å². The van der Waals surface area contributed by atoms with Crippen LogP contribution in [-0.4, -0.2) is 44.7 Å². The molecule has 0 amide bonds. The third-order valence-corrected chi connectivity index (χ3v) is 4.60. The Morgan fingerprint density at radius 2 is 1.79 bits per heavy atom. The van der Waals surface area contributed by atoms with Crippen molar-refractivity contribution in [3.63, 3.8) is 0 Å². The van der Waals surface area contributed by atoms with E-state index in [1.54, 1.807) is 7.11 Å². The zero-order valence-electron chi connectivity index (χ0n) is 14.1. The van der Waals surface area contributed by atoms with Crippen molar-refractivity contribution in [3.8, 4) is 11.8 Å². The fourth-order valence-corrected chi connectivity index (χ4v) is 3.15. The highest BCUT2D eigenvalue weighted by Crippen LogP contribution is 2.25. The van der Waals surface area contributed by atoms with E-state index in [2.05, 4.69) is 46.2 Å². The van der Waals surface area contributed by atoms with E-state index in [9.17, 15) is 5.26 Å². The van der Waals surface area contributed by atoms with Crippen LogP contribution in [0.1, 0.15) is 11.1 Å². The summed E-state index contributed by atoms with van der Waals surface area (Å²) in [4.78, 5) is 4.80. The molecule has 0 saturated carbocycles. The Balaban J connectivity index is 1.56. The van der Waals surface area contributed by atoms with Crippen molar-refractivity contribution in [2.45, 2.75) is 6.42 Å². The molecule has 1 fully saturated rings. The Bertz CT molecular complexity index is 701. The molecule has 0 atom stereocenters. The third kappa shape index (κ3) is 3.87. The highest BCUT2D eigenvalue weighted by molar-refractivity contribution is 5.61. The first-order valence-electron chi connectivity index (χ1n) is 8.39. The van der Waals surface area contributed by atoms with Gasteiger partial charge in [-0.3, -0.25) is 4.90 Å². The Morgan fingerprint density at radius 3 is 2.46 bits per heavy atom. The summed E-state index contributed by atoms with van der Waals surface area (Å²) in [5.41, 5.74) is 3.09. The monoisotopic (exact) mass is 321 g/mol. The van der Waals surface area contributed by atoms with Crippen LogP contribution >= 0.6 is 0 Å². The molecule has 2 aromatic rings. The van der Waals surface area contributed by atoms with Gasteiger partial charge in [-0.2, -0.15) is 5.26 Å². The van der Waals surface area contributed by atoms with E-state index in [4.69, 9.17) is 4.74 Å². The summed E-state index contributed by atoms with van der Waals surface area (Å²) >= 11 is 0. The Morgan fingerprint density at radius 1 is 1.04 bits per heavy atom. The second-order valence-electron chi connectivity index (χ2n) is 6.06. The molecule has 0 bridgehead atoms. The molecule has 3 rings (SSSR count). The predicted octanol–water partition coefficient (Wildman–Crippen LogP) is 2.93. The van der Waals surface area contributed by atoms with E-state index >= 15 is 0 Å². The first-order chi connectivity index (χ1) is 11.8. The van der Waals surface area contributed by atoms with Crippen molar-refractivity contribution in [3.05, 3.63) is 59.7 Å². The predicted molar refractivity (Wildman–Crippen MR) is 96.5 cm³/mol. The lowest BCUT2D eigenvalue weighted by atomic mass is 10.1. The van der Waals surface area contributed by atoms with Gasteiger partial charge in [-0.15, -0.1) is 0 Å². The molecule has 0 unspecified atom stereocenters. The average Bonchev–Trinajstić information content (AvgIpc) is 2.67. The number of methoxy groups -OCH3 is 1. The standard InChI is InChI=1S/C20H23N3O/c1-24-19-7-8-20(18(15-19)16-21)23-13-11-22(12-14-23)10-9-17-5-3-2-4-6-17/h2-8,15H,9-14H2,1H3. The summed E-state index contributed by atoms with van der Waals surface area (Å²) < 4.78 is 5.21. The van der Waals surface area contributed by atoms with E-state index in [1.807, 2.05) is 18.2 Å². The van der Waals surface area contributed by atoms with Crippen LogP contribution < -0.4 is 9.64 Å². The number of anilines is 1. The van der Waals surface area contributed by atoms with Crippen LogP contribution in [0.4, 0.5) is 5.69 Å². The molecule has 0 radical (unpaired) electrons. The van der Waals surface area contributed by atoms with Gasteiger partial charge < -0.3 is 9.64 Å². The van der Waals surface area contributed by atoms with Gasteiger partial charge in [0.05, 0.1) is 18.4 Å². The summed E-state index contributed by atoms with van der Waals surface area (Å²) in [5.74, 6) is 0.733. The van der Waals surface area contributed by atoms with Gasteiger partial charge in [0.2, 0.25) is 0 Å². The van der Waals surface area contributed by atoms with Gasteiger partial charge in [0.1, 0.15) is 11.8 Å². The summed E-state index contributed by atoms with van der Waals surface area (Å²) in [6.07, 6.45) is 1.09. The zero-order chi connectivity index (χ0) is 16.8. The van der Waals surface area contributed by atoms with Crippen molar-refractivity contribution in [2.24, 2.45) is 0 Å². The van der Waals surface area contributed by atoms with Crippen molar-refractivity contribution in [2.75, 3.05) is 44.7 Å². The van der Waals surface area contributed by atoms with Crippen LogP contribution in [0, 0.1) is 11.3 Å². The van der Waals surface area contributed by atoms with E-state index in [0.717, 1.165) is 50.6 Å². The molecule has 2 aromatic carbocycles. The fraction of sp³-hybridized carbons (Fsp3) is 0.350. The first-order valence-corrected chi connectivity index (χ1v) is 8.39. The van der Waals surface area contributed by atoms with Crippen molar-refractivity contribution < 1.29 is 4.74 Å². The summed E-state index contributed by atoms with van der Waals surface area (Å²) in [7, 11) is 1.63. The number of ether oxygens (including phenoxy) is 1. The molecule has 0 spiro atoms. The maximum Gasteiger partial charge on any atom is 0.120 e. The smallest absolute Gasteiger partial charge is 0.120 e. The lowest BCUT2D eigenvalue weighted by Gasteiger charge is -2.36. The molecule has 1 saturated heterocycles. The molecular weight excluding hydrogens is 298 g/mol. The lowest BCUT2D eigenvalue weighted by Crippen LogP contribution is -2.47. The molecule has 4 heteroatoms. The van der Waals surface area contributed by atoms with Crippen LogP contribution in [0.3, 0.4) is 0 Å². The minimum absolute atomic E-state index is 0.687. The number of hydrogen-bond donors (Lipinski definition) is 0. The number of benzene rings is 2. The van der Waals surface area contributed by atoms with Crippen molar-refractivity contribution >= 4 is 5.69 Å². The number of nitriles is 1. The van der Waals surface area contributed by atoms with E-state index < -0.39 is 0 Å². The Labute approximate surface area is 143 Å². The third-order valence-electron chi connectivity index (χ3n) is 4.60. The maximum absolute atomic E-state index is 9.39. The Hall–Kier alpha value is -2.51. The molecule has 4 nitrogen and oxygen atoms in total. The van der Waals surface area contributed by atoms with Crippen LogP contribution in [0.5, 0.6) is 5.75 Å². The number of rotatable bonds is 5. The first kappa shape index (κ1) is 16.4. The lowest BCUT2D eigenvalue weighted by molar-refractivity contribution is 0.261. The SMILES string of the molecule is COc1ccc(N2CCN(CCc3ccccc3)CC2)c(C#N)c1. The van der Waals surface area contributed by atoms with Gasteiger partial charge in [0.25, 0.3) is 0 Å². The second kappa shape index (κ2) is 7.85. The van der Waals surface area contributed by atoms with E-state index in [1.165, 1.54) is 5.56 Å². The van der Waals surface area contributed by atoms with Crippen molar-refractivity contribution in [1.29, 1.82) is 5.26 Å². The van der Waals surface area contributed by atoms with Crippen LogP contribution in [0.15, 0.2) is 48.5 Å². The largest absolute Gasteiger partial charge is 0.497 e. The normalized spacial score (nSPS) is 15.1. The molecule has 0 aliphatic carbocycles. The van der Waals surface area contributed by atoms with Crippen LogP contribution in [-0.2, 0) is 6.42 Å². The quantitative estimate of drug-likeness (QED) is 0.849. The van der Waals surface area contributed by atoms with Crippen LogP contribution in [0.2, 0.25) is 0 Å². The average molecular weight is 321 g/mol. The van der Waals surface area contributed by atoms with Gasteiger partial charge in [0.15, 0.2) is 0 Å². The number of piperazine rings is 1. The van der Waals surface area contributed by atoms with Crippen molar-refractivity contribution in [1.82, 2.24) is 4.90 Å². The molecule has 1 aliphatic rings. The maximum atomic E-state index is 9.39. The summed E-state index contributed by atoms with van der Waals surface area (Å²) in [6, 6.07) is 18.7. The van der Waals surface area contributed by atoms with Gasteiger partial charge in [-0.05, 0) is 30.2 Å². The summed E-state index contributed by atoms with van der Waals surface area (Å²) in [5, 5.41) is 9.39. The highest BCUT2D eigenvalue weighted by atomic mass is 16.5. The molecule has 1 heterocycles. The topological polar surface area (TPSA) is 39.5 Å². The second-order valence-corrected chi connectivity index (χ2v) is 6.06. The fourth-order valence-electron chi connectivity index (χ4n) is 3.15. The van der Waals surface area contributed by atoms with Gasteiger partial charge in [-0.1, -0.05) is 30.3 Å². The minimum Gasteiger partial charge on any atom is -0.497 e. The molecular formula is C20H23N3O. The highest BCUT2D eigenvalue weighted by Gasteiger charge is 2.19. The summed E-state index contributed by atoms with van der Waals surface area (Å²) in [6.45, 7) is 5.06. The molecule has 0 N–H and O–H groups in total. The zero-order valence-corrected chi connectivity index (χ0v) is 14.1. The van der Waals surface area contributed by atoms with E-state index in [-0.39, 0.29) is 0 Å². The molecule has 124 valence electrons. The molecule has 24 heavy (non-hydrogen) atoms. The number of nitrogens with zero attached hydrogens (tertiary/aromatic N) is 3. The van der Waals surface area contributed by atoms with Crippen LogP contribution in [0.25, 0.3) is 0 Å². The van der Waals surface area contributed by atoms with Gasteiger partial charge in [-0.25, -0.2) is 0 Å². The molecule has 0 aromatic heterocycles.